The number of aryl methyl sites for hydroxylation is 2. The second-order valence-corrected chi connectivity index (χ2v) is 10.5. The fourth-order valence-electron chi connectivity index (χ4n) is 2.98. The molecule has 0 aromatic heterocycles. The van der Waals surface area contributed by atoms with Gasteiger partial charge in [-0.25, -0.2) is 22.0 Å². The Morgan fingerprint density at radius 3 is 2.09 bits per heavy atom. The van der Waals surface area contributed by atoms with E-state index in [0.717, 1.165) is 5.56 Å². The van der Waals surface area contributed by atoms with Crippen LogP contribution >= 0.6 is 0 Å². The summed E-state index contributed by atoms with van der Waals surface area (Å²) in [4.78, 5) is 12.6. The minimum atomic E-state index is -3.77. The van der Waals surface area contributed by atoms with Crippen molar-refractivity contribution in [3.8, 4) is 0 Å². The van der Waals surface area contributed by atoms with Gasteiger partial charge in [0.2, 0.25) is 10.0 Å². The summed E-state index contributed by atoms with van der Waals surface area (Å²) in [6.45, 7) is 3.73. The minimum Gasteiger partial charge on any atom is -0.348 e. The molecule has 0 bridgehead atoms. The highest BCUT2D eigenvalue weighted by Gasteiger charge is 2.17. The highest BCUT2D eigenvalue weighted by atomic mass is 32.2. The van der Waals surface area contributed by atoms with Gasteiger partial charge in [0.05, 0.1) is 9.79 Å². The third-order valence-electron chi connectivity index (χ3n) is 4.74. The second kappa shape index (κ2) is 9.11. The molecular formula is C22H23N3O5S2. The largest absolute Gasteiger partial charge is 0.348 e. The van der Waals surface area contributed by atoms with E-state index in [9.17, 15) is 21.6 Å². The van der Waals surface area contributed by atoms with E-state index in [4.69, 9.17) is 5.14 Å². The van der Waals surface area contributed by atoms with Crippen molar-refractivity contribution < 1.29 is 21.6 Å². The number of hydrogen-bond donors (Lipinski definition) is 3. The molecule has 0 unspecified atom stereocenters. The number of carbonyl (C=O) groups is 1. The van der Waals surface area contributed by atoms with E-state index in [0.29, 0.717) is 22.4 Å². The van der Waals surface area contributed by atoms with Gasteiger partial charge in [0.15, 0.2) is 0 Å². The Balaban J connectivity index is 1.65. The van der Waals surface area contributed by atoms with Gasteiger partial charge in [-0.3, -0.25) is 9.52 Å². The zero-order valence-corrected chi connectivity index (χ0v) is 19.1. The van der Waals surface area contributed by atoms with E-state index < -0.39 is 20.0 Å². The molecule has 3 rings (SSSR count). The predicted molar refractivity (Wildman–Crippen MR) is 122 cm³/mol. The van der Waals surface area contributed by atoms with Crippen LogP contribution in [-0.4, -0.2) is 22.7 Å². The topological polar surface area (TPSA) is 135 Å². The summed E-state index contributed by atoms with van der Waals surface area (Å²) in [5.41, 5.74) is 2.85. The maximum Gasteiger partial charge on any atom is 0.262 e. The van der Waals surface area contributed by atoms with Crippen LogP contribution < -0.4 is 15.2 Å². The van der Waals surface area contributed by atoms with Gasteiger partial charge in [0.1, 0.15) is 0 Å². The lowest BCUT2D eigenvalue weighted by Crippen LogP contribution is -2.23. The van der Waals surface area contributed by atoms with Gasteiger partial charge in [0, 0.05) is 17.8 Å². The van der Waals surface area contributed by atoms with Crippen molar-refractivity contribution in [3.63, 3.8) is 0 Å². The number of nitrogens with one attached hydrogen (secondary N) is 2. The first-order valence-corrected chi connectivity index (χ1v) is 12.6. The lowest BCUT2D eigenvalue weighted by atomic mass is 10.2. The number of sulfonamides is 2. The summed E-state index contributed by atoms with van der Waals surface area (Å²) in [5.74, 6) is -0.357. The van der Waals surface area contributed by atoms with Crippen molar-refractivity contribution >= 4 is 31.6 Å². The number of hydrogen-bond acceptors (Lipinski definition) is 5. The van der Waals surface area contributed by atoms with Crippen molar-refractivity contribution in [3.05, 3.63) is 89.0 Å². The van der Waals surface area contributed by atoms with Crippen LogP contribution in [0.25, 0.3) is 0 Å². The van der Waals surface area contributed by atoms with Gasteiger partial charge in [-0.05, 0) is 73.0 Å². The minimum absolute atomic E-state index is 0.00789. The van der Waals surface area contributed by atoms with Crippen LogP contribution in [-0.2, 0) is 26.6 Å². The van der Waals surface area contributed by atoms with Gasteiger partial charge in [-0.2, -0.15) is 0 Å². The first kappa shape index (κ1) is 23.5. The van der Waals surface area contributed by atoms with E-state index >= 15 is 0 Å². The van der Waals surface area contributed by atoms with Crippen LogP contribution in [0.1, 0.15) is 27.0 Å². The highest BCUT2D eigenvalue weighted by molar-refractivity contribution is 7.92. The quantitative estimate of drug-likeness (QED) is 0.485. The standard InChI is InChI=1S/C22H23N3O5S2/c1-15-3-4-16(2)21(13-15)32(29,30)25-19-9-7-18(8-10-19)22(26)24-14-17-5-11-20(12-6-17)31(23,27)28/h3-13,25H,14H2,1-2H3,(H,24,26)(H2,23,27,28). The number of amides is 1. The predicted octanol–water partition coefficient (Wildman–Crippen LogP) is 2.68. The molecule has 0 aliphatic carbocycles. The summed E-state index contributed by atoms with van der Waals surface area (Å²) in [6.07, 6.45) is 0. The maximum absolute atomic E-state index is 12.7. The molecule has 0 aliphatic rings. The Labute approximate surface area is 187 Å². The van der Waals surface area contributed by atoms with Gasteiger partial charge in [-0.15, -0.1) is 0 Å². The molecule has 0 fully saturated rings. The van der Waals surface area contributed by atoms with Crippen LogP contribution in [0.3, 0.4) is 0 Å². The molecule has 0 saturated heterocycles. The molecule has 0 atom stereocenters. The Kier molecular flexibility index (Phi) is 6.68. The van der Waals surface area contributed by atoms with Crippen LogP contribution in [0, 0.1) is 13.8 Å². The summed E-state index contributed by atoms with van der Waals surface area (Å²) in [7, 11) is -7.53. The third kappa shape index (κ3) is 5.72. The average Bonchev–Trinajstić information content (AvgIpc) is 2.73. The first-order chi connectivity index (χ1) is 15.0. The average molecular weight is 474 g/mol. The monoisotopic (exact) mass is 473 g/mol. The molecule has 168 valence electrons. The smallest absolute Gasteiger partial charge is 0.262 e. The molecule has 0 heterocycles. The van der Waals surface area contributed by atoms with Crippen LogP contribution in [0.2, 0.25) is 0 Å². The molecule has 10 heteroatoms. The molecule has 4 N–H and O–H groups in total. The number of anilines is 1. The fourth-order valence-corrected chi connectivity index (χ4v) is 4.88. The number of primary sulfonamides is 1. The highest BCUT2D eigenvalue weighted by Crippen LogP contribution is 2.21. The normalized spacial score (nSPS) is 11.7. The molecule has 8 nitrogen and oxygen atoms in total. The molecule has 0 radical (unpaired) electrons. The first-order valence-electron chi connectivity index (χ1n) is 9.56. The Bertz CT molecular complexity index is 1350. The molecule has 3 aromatic rings. The van der Waals surface area contributed by atoms with Gasteiger partial charge >= 0.3 is 0 Å². The summed E-state index contributed by atoms with van der Waals surface area (Å²) < 4.78 is 50.5. The van der Waals surface area contributed by atoms with Crippen molar-refractivity contribution in [1.82, 2.24) is 5.32 Å². The van der Waals surface area contributed by atoms with E-state index in [2.05, 4.69) is 10.0 Å². The van der Waals surface area contributed by atoms with Gasteiger partial charge in [0.25, 0.3) is 15.9 Å². The Hall–Kier alpha value is -3.21. The van der Waals surface area contributed by atoms with E-state index in [-0.39, 0.29) is 22.2 Å². The molecule has 3 aromatic carbocycles. The molecule has 0 aliphatic heterocycles. The number of benzene rings is 3. The summed E-state index contributed by atoms with van der Waals surface area (Å²) in [5, 5.41) is 7.78. The van der Waals surface area contributed by atoms with E-state index in [1.54, 1.807) is 31.2 Å². The number of nitrogens with two attached hydrogens (primary N) is 1. The molecule has 0 saturated carbocycles. The zero-order valence-electron chi connectivity index (χ0n) is 17.5. The van der Waals surface area contributed by atoms with Crippen LogP contribution in [0.15, 0.2) is 76.5 Å². The van der Waals surface area contributed by atoms with Crippen molar-refractivity contribution in [2.45, 2.75) is 30.2 Å². The van der Waals surface area contributed by atoms with Crippen LogP contribution in [0.5, 0.6) is 0 Å². The maximum atomic E-state index is 12.7. The fraction of sp³-hybridized carbons (Fsp3) is 0.136. The van der Waals surface area contributed by atoms with E-state index in [1.807, 2.05) is 13.0 Å². The van der Waals surface area contributed by atoms with Gasteiger partial charge in [-0.1, -0.05) is 24.3 Å². The summed E-state index contributed by atoms with van der Waals surface area (Å²) >= 11 is 0. The van der Waals surface area contributed by atoms with Crippen molar-refractivity contribution in [1.29, 1.82) is 0 Å². The Morgan fingerprint density at radius 2 is 1.50 bits per heavy atom. The van der Waals surface area contributed by atoms with E-state index in [1.165, 1.54) is 36.4 Å². The zero-order chi connectivity index (χ0) is 23.5. The van der Waals surface area contributed by atoms with Crippen molar-refractivity contribution in [2.24, 2.45) is 5.14 Å². The summed E-state index contributed by atoms with van der Waals surface area (Å²) in [6, 6.07) is 17.1. The molecular weight excluding hydrogens is 450 g/mol. The lowest BCUT2D eigenvalue weighted by Gasteiger charge is -2.12. The van der Waals surface area contributed by atoms with Crippen LogP contribution in [0.4, 0.5) is 5.69 Å². The lowest BCUT2D eigenvalue weighted by molar-refractivity contribution is 0.0951. The SMILES string of the molecule is Cc1ccc(C)c(S(=O)(=O)Nc2ccc(C(=O)NCc3ccc(S(N)(=O)=O)cc3)cc2)c1. The second-order valence-electron chi connectivity index (χ2n) is 7.32. The number of rotatable bonds is 7. The molecule has 32 heavy (non-hydrogen) atoms. The third-order valence-corrected chi connectivity index (χ3v) is 7.19. The number of carbonyl (C=O) groups excluding carboxylic acids is 1. The Morgan fingerprint density at radius 1 is 0.875 bits per heavy atom. The molecule has 1 amide bonds. The van der Waals surface area contributed by atoms with Gasteiger partial charge < -0.3 is 5.32 Å². The van der Waals surface area contributed by atoms with Crippen molar-refractivity contribution in [2.75, 3.05) is 4.72 Å². The molecule has 0 spiro atoms.